The maximum absolute atomic E-state index is 14.0. The van der Waals surface area contributed by atoms with Gasteiger partial charge in [-0.25, -0.2) is 18.1 Å². The molecule has 1 aliphatic heterocycles. The predicted molar refractivity (Wildman–Crippen MR) is 164 cm³/mol. The molecule has 6 rings (SSSR count). The molecular weight excluding hydrogens is 644 g/mol. The van der Waals surface area contributed by atoms with Crippen LogP contribution in [-0.2, 0) is 41.3 Å². The van der Waals surface area contributed by atoms with Crippen molar-refractivity contribution in [1.82, 2.24) is 24.3 Å². The highest BCUT2D eigenvalue weighted by Gasteiger charge is 2.37. The minimum atomic E-state index is -4.09. The quantitative estimate of drug-likeness (QED) is 0.248. The first kappa shape index (κ1) is 32.1. The van der Waals surface area contributed by atoms with E-state index in [9.17, 15) is 27.1 Å². The first-order valence-corrected chi connectivity index (χ1v) is 16.7. The summed E-state index contributed by atoms with van der Waals surface area (Å²) in [5.41, 5.74) is 4.97. The number of aromatic nitrogens is 4. The Bertz CT molecular complexity index is 1950. The molecule has 0 unspecified atom stereocenters. The Balaban J connectivity index is 1.49. The van der Waals surface area contributed by atoms with Gasteiger partial charge in [-0.15, -0.1) is 5.10 Å². The summed E-state index contributed by atoms with van der Waals surface area (Å²) in [6.45, 7) is 0.591. The van der Waals surface area contributed by atoms with Gasteiger partial charge in [0.1, 0.15) is 22.0 Å². The topological polar surface area (TPSA) is 137 Å². The Kier molecular flexibility index (Phi) is 8.63. The van der Waals surface area contributed by atoms with Crippen LogP contribution in [0.4, 0.5) is 8.78 Å². The van der Waals surface area contributed by atoms with Crippen molar-refractivity contribution in [2.75, 3.05) is 6.54 Å². The number of benzene rings is 2. The van der Waals surface area contributed by atoms with Crippen LogP contribution in [0.2, 0.25) is 5.02 Å². The highest BCUT2D eigenvalue weighted by Crippen LogP contribution is 2.41. The van der Waals surface area contributed by atoms with E-state index in [2.05, 4.69) is 15.3 Å². The summed E-state index contributed by atoms with van der Waals surface area (Å²) < 4.78 is 68.5. The van der Waals surface area contributed by atoms with Gasteiger partial charge in [0, 0.05) is 25.7 Å². The molecule has 0 amide bonds. The third kappa shape index (κ3) is 5.89. The molecule has 2 atom stereocenters. The van der Waals surface area contributed by atoms with E-state index >= 15 is 0 Å². The molecule has 244 valence electrons. The number of halogens is 3. The Labute approximate surface area is 269 Å². The van der Waals surface area contributed by atoms with Crippen LogP contribution in [0.5, 0.6) is 11.6 Å². The average Bonchev–Trinajstić information content (AvgIpc) is 3.62. The van der Waals surface area contributed by atoms with Gasteiger partial charge in [0.15, 0.2) is 5.75 Å². The van der Waals surface area contributed by atoms with E-state index in [1.54, 1.807) is 14.0 Å². The molecular formula is C31H32ClF2N5O6S. The van der Waals surface area contributed by atoms with E-state index in [0.29, 0.717) is 28.6 Å². The number of alkyl halides is 2. The number of nitrogens with zero attached hydrogens (tertiary/aromatic N) is 5. The average molecular weight is 676 g/mol. The minimum absolute atomic E-state index is 0.00375. The van der Waals surface area contributed by atoms with Crippen LogP contribution >= 0.6 is 11.6 Å². The maximum atomic E-state index is 14.0. The lowest BCUT2D eigenvalue weighted by molar-refractivity contribution is -0.137. The highest BCUT2D eigenvalue weighted by atomic mass is 35.5. The normalized spacial score (nSPS) is 18.2. The van der Waals surface area contributed by atoms with Crippen LogP contribution in [-0.4, -0.2) is 63.0 Å². The molecule has 1 N–H and O–H groups in total. The van der Waals surface area contributed by atoms with Gasteiger partial charge in [0.2, 0.25) is 15.9 Å². The van der Waals surface area contributed by atoms with Gasteiger partial charge >= 0.3 is 12.6 Å². The molecule has 3 heterocycles. The predicted octanol–water partition coefficient (Wildman–Crippen LogP) is 5.38. The molecule has 0 saturated carbocycles. The van der Waals surface area contributed by atoms with Crippen molar-refractivity contribution in [1.29, 1.82) is 0 Å². The summed E-state index contributed by atoms with van der Waals surface area (Å²) in [5, 5.41) is 18.3. The zero-order chi connectivity index (χ0) is 32.9. The molecule has 0 spiro atoms. The van der Waals surface area contributed by atoms with Crippen molar-refractivity contribution >= 4 is 38.6 Å². The van der Waals surface area contributed by atoms with Gasteiger partial charge in [-0.05, 0) is 78.1 Å². The molecule has 4 aromatic rings. The number of fused-ring (bicyclic) bond motifs is 3. The summed E-state index contributed by atoms with van der Waals surface area (Å²) >= 11 is 6.15. The van der Waals surface area contributed by atoms with E-state index in [0.717, 1.165) is 36.0 Å². The Morgan fingerprint density at radius 2 is 2.02 bits per heavy atom. The van der Waals surface area contributed by atoms with Crippen LogP contribution in [0.1, 0.15) is 65.5 Å². The number of aryl methyl sites for hydroxylation is 3. The second-order valence-corrected chi connectivity index (χ2v) is 13.9. The van der Waals surface area contributed by atoms with Crippen LogP contribution in [0.25, 0.3) is 11.0 Å². The second-order valence-electron chi connectivity index (χ2n) is 11.6. The molecule has 11 nitrogen and oxygen atoms in total. The fourth-order valence-corrected chi connectivity index (χ4v) is 8.30. The van der Waals surface area contributed by atoms with Gasteiger partial charge in [0.05, 0.1) is 18.0 Å². The first-order chi connectivity index (χ1) is 21.9. The number of carbonyl (C=O) groups is 1. The van der Waals surface area contributed by atoms with Crippen LogP contribution in [0.3, 0.4) is 0 Å². The molecule has 15 heteroatoms. The van der Waals surface area contributed by atoms with Crippen molar-refractivity contribution in [2.45, 2.75) is 76.0 Å². The number of carboxylic acids is 1. The highest BCUT2D eigenvalue weighted by molar-refractivity contribution is 7.89. The van der Waals surface area contributed by atoms with E-state index in [1.165, 1.54) is 27.3 Å². The van der Waals surface area contributed by atoms with Crippen molar-refractivity contribution in [3.05, 3.63) is 68.9 Å². The zero-order valence-electron chi connectivity index (χ0n) is 25.3. The Morgan fingerprint density at radius 3 is 2.74 bits per heavy atom. The third-order valence-corrected chi connectivity index (χ3v) is 10.7. The summed E-state index contributed by atoms with van der Waals surface area (Å²) in [6, 6.07) is 6.55. The molecule has 2 aliphatic rings. The lowest BCUT2D eigenvalue weighted by Crippen LogP contribution is -2.36. The van der Waals surface area contributed by atoms with E-state index in [4.69, 9.17) is 21.1 Å². The number of sulfonamides is 1. The van der Waals surface area contributed by atoms with Crippen LogP contribution < -0.4 is 9.47 Å². The van der Waals surface area contributed by atoms with Gasteiger partial charge < -0.3 is 14.6 Å². The summed E-state index contributed by atoms with van der Waals surface area (Å²) in [4.78, 5) is 16.3. The van der Waals surface area contributed by atoms with Gasteiger partial charge in [0.25, 0.3) is 0 Å². The Morgan fingerprint density at radius 1 is 1.24 bits per heavy atom. The first-order valence-electron chi connectivity index (χ1n) is 14.8. The summed E-state index contributed by atoms with van der Waals surface area (Å²) in [7, 11) is -2.53. The second kappa shape index (κ2) is 12.4. The van der Waals surface area contributed by atoms with E-state index in [-0.39, 0.29) is 46.6 Å². The molecule has 2 aromatic carbocycles. The smallest absolute Gasteiger partial charge is 0.387 e. The molecule has 0 radical (unpaired) electrons. The van der Waals surface area contributed by atoms with Gasteiger partial charge in [-0.2, -0.15) is 13.1 Å². The van der Waals surface area contributed by atoms with Crippen LogP contribution in [0.15, 0.2) is 35.4 Å². The molecule has 1 aliphatic carbocycles. The van der Waals surface area contributed by atoms with Gasteiger partial charge in [-0.3, -0.25) is 4.79 Å². The molecule has 0 saturated heterocycles. The largest absolute Gasteiger partial charge is 0.481 e. The number of pyridine rings is 1. The number of ether oxygens (including phenoxy) is 2. The lowest BCUT2D eigenvalue weighted by Gasteiger charge is -2.26. The van der Waals surface area contributed by atoms with Crippen LogP contribution in [0, 0.1) is 6.92 Å². The molecule has 46 heavy (non-hydrogen) atoms. The van der Waals surface area contributed by atoms with Crippen molar-refractivity contribution in [3.8, 4) is 11.6 Å². The van der Waals surface area contributed by atoms with E-state index < -0.39 is 34.6 Å². The third-order valence-electron chi connectivity index (χ3n) is 8.73. The SMILES string of the molecule is CC[C@@H]1CN(Cc2cc([C@@H](CC(=O)O)c3cc(OC(F)F)c4c(nnn4C)c3C)cc3c2CCC3)S(=O)(=O)c2cc(Cl)cnc2O1. The lowest BCUT2D eigenvalue weighted by atomic mass is 9.83. The number of aliphatic carboxylic acids is 1. The zero-order valence-corrected chi connectivity index (χ0v) is 26.9. The fourth-order valence-electron chi connectivity index (χ4n) is 6.53. The van der Waals surface area contributed by atoms with Gasteiger partial charge in [-0.1, -0.05) is 35.9 Å². The fraction of sp³-hybridized carbons (Fsp3) is 0.419. The van der Waals surface area contributed by atoms with E-state index in [1.807, 2.05) is 19.1 Å². The molecule has 0 bridgehead atoms. The summed E-state index contributed by atoms with van der Waals surface area (Å²) in [5.74, 6) is -2.05. The number of carboxylic acid groups (broad SMARTS) is 1. The standard InChI is InChI=1S/C31H32ClF2N5O6S/c1-4-21-15-39(46(42,43)26-10-20(32)13-35-30(26)44-21)14-19-9-18(8-17-6-5-7-22(17)19)24(12-27(40)41)23-11-25(45-31(33)34)29-28(16(23)2)36-37-38(29)3/h8-11,13,21,24,31H,4-7,12,14-15H2,1-3H3,(H,40,41)/t21-,24-/m1/s1. The monoisotopic (exact) mass is 675 g/mol. The number of hydrogen-bond donors (Lipinski definition) is 1. The number of hydrogen-bond acceptors (Lipinski definition) is 8. The number of rotatable bonds is 9. The van der Waals surface area contributed by atoms with Crippen molar-refractivity contribution < 1.29 is 36.6 Å². The molecule has 0 fully saturated rings. The van der Waals surface area contributed by atoms with Crippen molar-refractivity contribution in [2.24, 2.45) is 7.05 Å². The molecule has 2 aromatic heterocycles. The maximum Gasteiger partial charge on any atom is 0.387 e. The Hall–Kier alpha value is -3.88. The van der Waals surface area contributed by atoms with Crippen molar-refractivity contribution in [3.63, 3.8) is 0 Å². The minimum Gasteiger partial charge on any atom is -0.481 e. The summed E-state index contributed by atoms with van der Waals surface area (Å²) in [6.07, 6.45) is 3.36.